The van der Waals surface area contributed by atoms with E-state index in [1.165, 1.54) is 18.6 Å². The van der Waals surface area contributed by atoms with Gasteiger partial charge < -0.3 is 14.3 Å². The van der Waals surface area contributed by atoms with Crippen LogP contribution in [-0.4, -0.2) is 27.2 Å². The van der Waals surface area contributed by atoms with Crippen LogP contribution < -0.4 is 5.32 Å². The molecule has 1 N–H and O–H groups in total. The molecule has 3 aromatic rings. The highest BCUT2D eigenvalue weighted by Crippen LogP contribution is 2.22. The van der Waals surface area contributed by atoms with Gasteiger partial charge in [-0.05, 0) is 49.2 Å². The van der Waals surface area contributed by atoms with Crippen LogP contribution in [0.25, 0.3) is 11.3 Å². The van der Waals surface area contributed by atoms with Gasteiger partial charge in [0.05, 0.1) is 0 Å². The van der Waals surface area contributed by atoms with Crippen LogP contribution in [0.1, 0.15) is 41.5 Å². The summed E-state index contributed by atoms with van der Waals surface area (Å²) in [5, 5.41) is 11.4. The molecule has 0 aliphatic carbocycles. The summed E-state index contributed by atoms with van der Waals surface area (Å²) < 4.78 is 20.8. The molecule has 7 heteroatoms. The Morgan fingerprint density at radius 1 is 1.11 bits per heavy atom. The number of aryl methyl sites for hydroxylation is 1. The lowest BCUT2D eigenvalue weighted by Gasteiger charge is -2.07. The van der Waals surface area contributed by atoms with E-state index in [0.29, 0.717) is 18.7 Å². The zero-order valence-electron chi connectivity index (χ0n) is 14.9. The number of amides is 1. The van der Waals surface area contributed by atoms with E-state index in [1.54, 1.807) is 24.3 Å². The number of fused-ring (bicyclic) bond motifs is 1. The Morgan fingerprint density at radius 2 is 1.96 bits per heavy atom. The molecule has 0 radical (unpaired) electrons. The van der Waals surface area contributed by atoms with Crippen LogP contribution in [0, 0.1) is 5.82 Å². The number of hydrogen-bond donors (Lipinski definition) is 1. The molecule has 6 nitrogen and oxygen atoms in total. The van der Waals surface area contributed by atoms with Crippen molar-refractivity contribution < 1.29 is 13.6 Å². The van der Waals surface area contributed by atoms with Gasteiger partial charge >= 0.3 is 0 Å². The zero-order valence-corrected chi connectivity index (χ0v) is 14.9. The number of nitrogens with one attached hydrogen (secondary N) is 1. The van der Waals surface area contributed by atoms with E-state index in [2.05, 4.69) is 20.1 Å². The fourth-order valence-electron chi connectivity index (χ4n) is 3.33. The molecule has 1 aliphatic heterocycles. The van der Waals surface area contributed by atoms with Crippen LogP contribution in [-0.2, 0) is 19.4 Å². The lowest BCUT2D eigenvalue weighted by atomic mass is 10.2. The smallest absolute Gasteiger partial charge is 0.287 e. The van der Waals surface area contributed by atoms with Gasteiger partial charge in [-0.15, -0.1) is 10.2 Å². The molecule has 0 saturated heterocycles. The maximum absolute atomic E-state index is 13.0. The Bertz CT molecular complexity index is 930. The van der Waals surface area contributed by atoms with Crippen LogP contribution in [0.15, 0.2) is 40.8 Å². The Labute approximate surface area is 156 Å². The summed E-state index contributed by atoms with van der Waals surface area (Å²) in [6.07, 6.45) is 5.11. The van der Waals surface area contributed by atoms with Crippen molar-refractivity contribution in [3.63, 3.8) is 0 Å². The van der Waals surface area contributed by atoms with Crippen molar-refractivity contribution in [2.45, 2.75) is 38.6 Å². The van der Waals surface area contributed by atoms with Crippen LogP contribution in [0.4, 0.5) is 4.39 Å². The molecule has 1 aromatic carbocycles. The van der Waals surface area contributed by atoms with E-state index in [4.69, 9.17) is 4.42 Å². The van der Waals surface area contributed by atoms with Crippen molar-refractivity contribution in [2.24, 2.45) is 0 Å². The first-order chi connectivity index (χ1) is 13.2. The molecule has 27 heavy (non-hydrogen) atoms. The third kappa shape index (κ3) is 3.92. The number of benzene rings is 1. The van der Waals surface area contributed by atoms with Crippen LogP contribution in [0.5, 0.6) is 0 Å². The van der Waals surface area contributed by atoms with E-state index in [9.17, 15) is 9.18 Å². The third-order valence-electron chi connectivity index (χ3n) is 4.78. The molecule has 2 aromatic heterocycles. The Hall–Kier alpha value is -2.96. The zero-order chi connectivity index (χ0) is 18.6. The normalized spacial score (nSPS) is 13.8. The summed E-state index contributed by atoms with van der Waals surface area (Å²) in [6.45, 7) is 1.41. The van der Waals surface area contributed by atoms with Gasteiger partial charge in [0.1, 0.15) is 23.2 Å². The highest BCUT2D eigenvalue weighted by atomic mass is 19.1. The summed E-state index contributed by atoms with van der Waals surface area (Å²) >= 11 is 0. The van der Waals surface area contributed by atoms with Crippen LogP contribution in [0.2, 0.25) is 0 Å². The molecule has 140 valence electrons. The topological polar surface area (TPSA) is 73.0 Å². The Balaban J connectivity index is 1.35. The molecule has 3 heterocycles. The summed E-state index contributed by atoms with van der Waals surface area (Å²) in [7, 11) is 0. The monoisotopic (exact) mass is 368 g/mol. The first-order valence-corrected chi connectivity index (χ1v) is 9.25. The molecule has 0 fully saturated rings. The average Bonchev–Trinajstić information content (AvgIpc) is 3.24. The molecule has 0 unspecified atom stereocenters. The number of carbonyl (C=O) groups is 1. The Kier molecular flexibility index (Phi) is 5.00. The molecule has 1 aliphatic rings. The number of furan rings is 1. The lowest BCUT2D eigenvalue weighted by molar-refractivity contribution is 0.0927. The molecule has 0 spiro atoms. The van der Waals surface area contributed by atoms with E-state index in [-0.39, 0.29) is 17.5 Å². The van der Waals surface area contributed by atoms with Gasteiger partial charge in [-0.2, -0.15) is 0 Å². The molecule has 1 amide bonds. The van der Waals surface area contributed by atoms with Crippen molar-refractivity contribution in [3.05, 3.63) is 59.6 Å². The SMILES string of the molecule is O=C(NCCc1nnc2n1CCCCC2)c1ccc(-c2ccc(F)cc2)o1. The number of aromatic nitrogens is 3. The molecule has 0 saturated carbocycles. The maximum Gasteiger partial charge on any atom is 0.287 e. The summed E-state index contributed by atoms with van der Waals surface area (Å²) in [6, 6.07) is 9.29. The van der Waals surface area contributed by atoms with Crippen molar-refractivity contribution >= 4 is 5.91 Å². The average molecular weight is 368 g/mol. The predicted molar refractivity (Wildman–Crippen MR) is 97.7 cm³/mol. The first kappa shape index (κ1) is 17.5. The second-order valence-corrected chi connectivity index (χ2v) is 6.67. The number of hydrogen-bond acceptors (Lipinski definition) is 4. The standard InChI is InChI=1S/C20H21FN4O2/c21-15-7-5-14(6-8-15)16-9-10-17(27-16)20(26)22-12-11-19-24-23-18-4-2-1-3-13-25(18)19/h5-10H,1-4,11-13H2,(H,22,26). The van der Waals surface area contributed by atoms with Crippen molar-refractivity contribution in [3.8, 4) is 11.3 Å². The number of carbonyl (C=O) groups excluding carboxylic acids is 1. The van der Waals surface area contributed by atoms with E-state index in [0.717, 1.165) is 43.0 Å². The van der Waals surface area contributed by atoms with Gasteiger partial charge in [0.2, 0.25) is 0 Å². The summed E-state index contributed by atoms with van der Waals surface area (Å²) in [5.41, 5.74) is 0.724. The van der Waals surface area contributed by atoms with Crippen molar-refractivity contribution in [2.75, 3.05) is 6.54 Å². The fraction of sp³-hybridized carbons (Fsp3) is 0.350. The second kappa shape index (κ2) is 7.73. The van der Waals surface area contributed by atoms with Gasteiger partial charge in [-0.25, -0.2) is 4.39 Å². The van der Waals surface area contributed by atoms with Gasteiger partial charge in [-0.1, -0.05) is 6.42 Å². The molecular weight excluding hydrogens is 347 g/mol. The Morgan fingerprint density at radius 3 is 2.81 bits per heavy atom. The predicted octanol–water partition coefficient (Wildman–Crippen LogP) is 3.38. The van der Waals surface area contributed by atoms with Crippen LogP contribution in [0.3, 0.4) is 0 Å². The molecule has 4 rings (SSSR count). The third-order valence-corrected chi connectivity index (χ3v) is 4.78. The first-order valence-electron chi connectivity index (χ1n) is 9.25. The molecule has 0 bridgehead atoms. The van der Waals surface area contributed by atoms with Gasteiger partial charge in [-0.3, -0.25) is 4.79 Å². The van der Waals surface area contributed by atoms with Crippen molar-refractivity contribution in [1.29, 1.82) is 0 Å². The summed E-state index contributed by atoms with van der Waals surface area (Å²) in [5.74, 6) is 2.13. The second-order valence-electron chi connectivity index (χ2n) is 6.67. The quantitative estimate of drug-likeness (QED) is 0.749. The minimum Gasteiger partial charge on any atom is -0.451 e. The molecule has 0 atom stereocenters. The van der Waals surface area contributed by atoms with E-state index >= 15 is 0 Å². The van der Waals surface area contributed by atoms with Crippen LogP contribution >= 0.6 is 0 Å². The van der Waals surface area contributed by atoms with E-state index < -0.39 is 0 Å². The number of halogens is 1. The lowest BCUT2D eigenvalue weighted by Crippen LogP contribution is -2.26. The highest BCUT2D eigenvalue weighted by molar-refractivity contribution is 5.92. The maximum atomic E-state index is 13.0. The minimum atomic E-state index is -0.311. The molecular formula is C20H21FN4O2. The summed E-state index contributed by atoms with van der Waals surface area (Å²) in [4.78, 5) is 12.3. The minimum absolute atomic E-state index is 0.231. The van der Waals surface area contributed by atoms with Crippen molar-refractivity contribution in [1.82, 2.24) is 20.1 Å². The van der Waals surface area contributed by atoms with Gasteiger partial charge in [0.15, 0.2) is 5.76 Å². The number of rotatable bonds is 5. The fourth-order valence-corrected chi connectivity index (χ4v) is 3.33. The van der Waals surface area contributed by atoms with Gasteiger partial charge in [0.25, 0.3) is 5.91 Å². The van der Waals surface area contributed by atoms with Gasteiger partial charge in [0, 0.05) is 31.5 Å². The van der Waals surface area contributed by atoms with E-state index in [1.807, 2.05) is 0 Å². The highest BCUT2D eigenvalue weighted by Gasteiger charge is 2.16. The number of nitrogens with zero attached hydrogens (tertiary/aromatic N) is 3. The largest absolute Gasteiger partial charge is 0.451 e.